The van der Waals surface area contributed by atoms with Crippen LogP contribution < -0.4 is 5.32 Å². The van der Waals surface area contributed by atoms with Gasteiger partial charge in [0.05, 0.1) is 6.54 Å². The first-order valence-corrected chi connectivity index (χ1v) is 7.49. The molecule has 3 aromatic rings. The van der Waals surface area contributed by atoms with Gasteiger partial charge in [-0.3, -0.25) is 4.79 Å². The fourth-order valence-electron chi connectivity index (χ4n) is 2.06. The minimum Gasteiger partial charge on any atom is -0.322 e. The number of hydrogen-bond donors (Lipinski definition) is 1. The Kier molecular flexibility index (Phi) is 4.29. The number of anilines is 1. The smallest absolute Gasteiger partial charge is 0.255 e. The fourth-order valence-corrected chi connectivity index (χ4v) is 2.33. The fraction of sp³-hybridized carbons (Fsp3) is 0.0625. The van der Waals surface area contributed by atoms with Crippen molar-refractivity contribution in [3.05, 3.63) is 76.8 Å². The predicted molar refractivity (Wildman–Crippen MR) is 87.7 cm³/mol. The number of carbonyl (C=O) groups is 1. The monoisotopic (exact) mass is 356 g/mol. The lowest BCUT2D eigenvalue weighted by molar-refractivity contribution is 0.102. The van der Waals surface area contributed by atoms with Crippen molar-refractivity contribution >= 4 is 27.5 Å². The van der Waals surface area contributed by atoms with Gasteiger partial charge in [-0.15, -0.1) is 0 Å². The van der Waals surface area contributed by atoms with Crippen molar-refractivity contribution in [1.82, 2.24) is 14.8 Å². The van der Waals surface area contributed by atoms with Gasteiger partial charge in [0.25, 0.3) is 5.91 Å². The van der Waals surface area contributed by atoms with Crippen molar-refractivity contribution in [2.45, 2.75) is 6.54 Å². The molecule has 1 heterocycles. The molecule has 0 saturated carbocycles. The number of nitrogens with zero attached hydrogens (tertiary/aromatic N) is 3. The molecule has 6 heteroatoms. The number of benzene rings is 2. The van der Waals surface area contributed by atoms with Crippen LogP contribution in [0.2, 0.25) is 0 Å². The molecule has 0 fully saturated rings. The van der Waals surface area contributed by atoms with Crippen LogP contribution in [-0.4, -0.2) is 20.7 Å². The molecule has 1 amide bonds. The average Bonchev–Trinajstić information content (AvgIpc) is 3.03. The van der Waals surface area contributed by atoms with Crippen LogP contribution in [0.1, 0.15) is 15.9 Å². The van der Waals surface area contributed by atoms with Crippen molar-refractivity contribution in [2.24, 2.45) is 0 Å². The van der Waals surface area contributed by atoms with Gasteiger partial charge in [0, 0.05) is 15.7 Å². The van der Waals surface area contributed by atoms with Crippen LogP contribution in [0.15, 0.2) is 65.7 Å². The number of rotatable bonds is 4. The second-order valence-electron chi connectivity index (χ2n) is 4.71. The predicted octanol–water partition coefficient (Wildman–Crippen LogP) is 3.34. The largest absolute Gasteiger partial charge is 0.322 e. The zero-order chi connectivity index (χ0) is 15.4. The topological polar surface area (TPSA) is 59.8 Å². The molecule has 0 aliphatic rings. The minimum absolute atomic E-state index is 0.140. The molecule has 0 atom stereocenters. The molecule has 0 spiro atoms. The Balaban J connectivity index is 1.80. The molecule has 1 N–H and O–H groups in total. The number of carbonyl (C=O) groups excluding carboxylic acids is 1. The molecule has 1 aromatic heterocycles. The van der Waals surface area contributed by atoms with E-state index in [9.17, 15) is 4.79 Å². The molecule has 0 saturated heterocycles. The van der Waals surface area contributed by atoms with E-state index < -0.39 is 0 Å². The van der Waals surface area contributed by atoms with Crippen LogP contribution in [0.25, 0.3) is 0 Å². The lowest BCUT2D eigenvalue weighted by atomic mass is 10.1. The van der Waals surface area contributed by atoms with Crippen molar-refractivity contribution in [3.8, 4) is 0 Å². The van der Waals surface area contributed by atoms with E-state index >= 15 is 0 Å². The maximum Gasteiger partial charge on any atom is 0.255 e. The average molecular weight is 357 g/mol. The number of halogens is 1. The van der Waals surface area contributed by atoms with Gasteiger partial charge >= 0.3 is 0 Å². The highest BCUT2D eigenvalue weighted by molar-refractivity contribution is 9.10. The standard InChI is InChI=1S/C16H13BrN4O/c17-14-7-5-12(6-8-14)16(22)20-15-4-2-1-3-13(15)9-21-11-18-10-19-21/h1-8,10-11H,9H2,(H,20,22). The zero-order valence-corrected chi connectivity index (χ0v) is 13.2. The lowest BCUT2D eigenvalue weighted by Crippen LogP contribution is -2.14. The number of para-hydroxylation sites is 1. The molecule has 3 rings (SSSR count). The molecule has 110 valence electrons. The van der Waals surface area contributed by atoms with Crippen LogP contribution in [0, 0.1) is 0 Å². The van der Waals surface area contributed by atoms with Crippen molar-refractivity contribution in [2.75, 3.05) is 5.32 Å². The quantitative estimate of drug-likeness (QED) is 0.779. The Labute approximate surface area is 136 Å². The molecular formula is C16H13BrN4O. The summed E-state index contributed by atoms with van der Waals surface area (Å²) in [5.74, 6) is -0.140. The highest BCUT2D eigenvalue weighted by atomic mass is 79.9. The van der Waals surface area contributed by atoms with Crippen LogP contribution in [0.4, 0.5) is 5.69 Å². The van der Waals surface area contributed by atoms with Gasteiger partial charge in [-0.1, -0.05) is 34.1 Å². The Morgan fingerprint density at radius 3 is 2.64 bits per heavy atom. The summed E-state index contributed by atoms with van der Waals surface area (Å²) in [5.41, 5.74) is 2.35. The van der Waals surface area contributed by atoms with E-state index in [1.54, 1.807) is 23.1 Å². The van der Waals surface area contributed by atoms with E-state index in [1.807, 2.05) is 36.4 Å². The first-order valence-electron chi connectivity index (χ1n) is 6.69. The van der Waals surface area contributed by atoms with Crippen LogP contribution in [0.5, 0.6) is 0 Å². The Morgan fingerprint density at radius 1 is 1.14 bits per heavy atom. The third-order valence-electron chi connectivity index (χ3n) is 3.17. The maximum atomic E-state index is 12.3. The summed E-state index contributed by atoms with van der Waals surface area (Å²) in [7, 11) is 0. The van der Waals surface area contributed by atoms with Gasteiger partial charge in [0.2, 0.25) is 0 Å². The molecule has 0 unspecified atom stereocenters. The number of aromatic nitrogens is 3. The number of hydrogen-bond acceptors (Lipinski definition) is 3. The first kappa shape index (κ1) is 14.5. The van der Waals surface area contributed by atoms with E-state index in [0.717, 1.165) is 15.7 Å². The molecule has 2 aromatic carbocycles. The zero-order valence-electron chi connectivity index (χ0n) is 11.6. The minimum atomic E-state index is -0.140. The van der Waals surface area contributed by atoms with Crippen molar-refractivity contribution in [1.29, 1.82) is 0 Å². The molecule has 0 bridgehead atoms. The number of nitrogens with one attached hydrogen (secondary N) is 1. The summed E-state index contributed by atoms with van der Waals surface area (Å²) in [5, 5.41) is 7.03. The normalized spacial score (nSPS) is 10.4. The lowest BCUT2D eigenvalue weighted by Gasteiger charge is -2.11. The highest BCUT2D eigenvalue weighted by Gasteiger charge is 2.09. The summed E-state index contributed by atoms with van der Waals surface area (Å²) >= 11 is 3.36. The summed E-state index contributed by atoms with van der Waals surface area (Å²) in [4.78, 5) is 16.2. The third-order valence-corrected chi connectivity index (χ3v) is 3.70. The maximum absolute atomic E-state index is 12.3. The Morgan fingerprint density at radius 2 is 1.91 bits per heavy atom. The molecule has 0 aliphatic heterocycles. The van der Waals surface area contributed by atoms with Gasteiger partial charge in [0.1, 0.15) is 12.7 Å². The highest BCUT2D eigenvalue weighted by Crippen LogP contribution is 2.18. The van der Waals surface area contributed by atoms with Crippen LogP contribution in [0.3, 0.4) is 0 Å². The molecule has 0 aliphatic carbocycles. The van der Waals surface area contributed by atoms with E-state index in [4.69, 9.17) is 0 Å². The van der Waals surface area contributed by atoms with Gasteiger partial charge in [-0.05, 0) is 35.9 Å². The van der Waals surface area contributed by atoms with Gasteiger partial charge < -0.3 is 5.32 Å². The molecule has 5 nitrogen and oxygen atoms in total. The molecule has 0 radical (unpaired) electrons. The van der Waals surface area contributed by atoms with E-state index in [-0.39, 0.29) is 5.91 Å². The summed E-state index contributed by atoms with van der Waals surface area (Å²) in [6, 6.07) is 14.9. The SMILES string of the molecule is O=C(Nc1ccccc1Cn1cncn1)c1ccc(Br)cc1. The summed E-state index contributed by atoms with van der Waals surface area (Å²) in [6.45, 7) is 0.552. The van der Waals surface area contributed by atoms with E-state index in [2.05, 4.69) is 31.3 Å². The second kappa shape index (κ2) is 6.53. The molecular weight excluding hydrogens is 344 g/mol. The van der Waals surface area contributed by atoms with E-state index in [1.165, 1.54) is 6.33 Å². The van der Waals surface area contributed by atoms with Crippen LogP contribution in [-0.2, 0) is 6.54 Å². The van der Waals surface area contributed by atoms with Gasteiger partial charge in [0.15, 0.2) is 0 Å². The first-order chi connectivity index (χ1) is 10.7. The Hall–Kier alpha value is -2.47. The van der Waals surface area contributed by atoms with Gasteiger partial charge in [-0.25, -0.2) is 9.67 Å². The van der Waals surface area contributed by atoms with Crippen LogP contribution >= 0.6 is 15.9 Å². The van der Waals surface area contributed by atoms with Crippen molar-refractivity contribution < 1.29 is 4.79 Å². The summed E-state index contributed by atoms with van der Waals surface area (Å²) in [6.07, 6.45) is 3.14. The molecule has 22 heavy (non-hydrogen) atoms. The van der Waals surface area contributed by atoms with Gasteiger partial charge in [-0.2, -0.15) is 5.10 Å². The number of amides is 1. The van der Waals surface area contributed by atoms with E-state index in [0.29, 0.717) is 12.1 Å². The van der Waals surface area contributed by atoms with Crippen molar-refractivity contribution in [3.63, 3.8) is 0 Å². The Bertz CT molecular complexity index is 769. The second-order valence-corrected chi connectivity index (χ2v) is 5.63. The third kappa shape index (κ3) is 3.40. The summed E-state index contributed by atoms with van der Waals surface area (Å²) < 4.78 is 2.65.